The van der Waals surface area contributed by atoms with E-state index in [1.54, 1.807) is 24.3 Å². The molecule has 0 aliphatic carbocycles. The largest absolute Gasteiger partial charge is 0.421 e. The van der Waals surface area contributed by atoms with Gasteiger partial charge in [-0.15, -0.1) is 0 Å². The maximum absolute atomic E-state index is 12.8. The van der Waals surface area contributed by atoms with Crippen molar-refractivity contribution in [2.75, 3.05) is 5.32 Å². The summed E-state index contributed by atoms with van der Waals surface area (Å²) in [5, 5.41) is 9.95. The number of halogens is 3. The fraction of sp³-hybridized carbons (Fsp3) is 0.0833. The Balaban J connectivity index is 2.04. The molecule has 2 N–H and O–H groups in total. The first-order chi connectivity index (χ1) is 9.55. The van der Waals surface area contributed by atoms with Crippen molar-refractivity contribution in [3.8, 4) is 0 Å². The van der Waals surface area contributed by atoms with Gasteiger partial charge in [-0.05, 0) is 12.1 Å². The van der Waals surface area contributed by atoms with Crippen molar-refractivity contribution in [3.05, 3.63) is 42.4 Å². The molecule has 0 unspecified atom stereocenters. The Morgan fingerprint density at radius 1 is 1.10 bits per heavy atom. The van der Waals surface area contributed by atoms with Crippen molar-refractivity contribution in [1.82, 2.24) is 20.2 Å². The summed E-state index contributed by atoms with van der Waals surface area (Å²) < 4.78 is 38.5. The molecule has 2 aromatic heterocycles. The normalized spacial score (nSPS) is 11.8. The number of hydrogen-bond acceptors (Lipinski definition) is 4. The van der Waals surface area contributed by atoms with Crippen molar-refractivity contribution in [2.24, 2.45) is 0 Å². The van der Waals surface area contributed by atoms with E-state index in [4.69, 9.17) is 0 Å². The van der Waals surface area contributed by atoms with E-state index in [0.29, 0.717) is 5.39 Å². The molecule has 0 fully saturated rings. The average Bonchev–Trinajstić information content (AvgIpc) is 2.82. The number of rotatable bonds is 2. The number of H-pyrrole nitrogens is 1. The van der Waals surface area contributed by atoms with Crippen LogP contribution < -0.4 is 5.32 Å². The van der Waals surface area contributed by atoms with E-state index >= 15 is 0 Å². The Labute approximate surface area is 110 Å². The van der Waals surface area contributed by atoms with Gasteiger partial charge in [-0.1, -0.05) is 12.1 Å². The Morgan fingerprint density at radius 2 is 1.90 bits per heavy atom. The fourth-order valence-corrected chi connectivity index (χ4v) is 1.81. The smallest absolute Gasteiger partial charge is 0.322 e. The molecular formula is C12H8F3N5. The zero-order chi connectivity index (χ0) is 14.2. The quantitative estimate of drug-likeness (QED) is 0.756. The van der Waals surface area contributed by atoms with E-state index in [2.05, 4.69) is 25.5 Å². The highest BCUT2D eigenvalue weighted by Gasteiger charge is 2.35. The lowest BCUT2D eigenvalue weighted by Gasteiger charge is -2.11. The molecule has 0 aliphatic heterocycles. The summed E-state index contributed by atoms with van der Waals surface area (Å²) in [6.45, 7) is 0. The summed E-state index contributed by atoms with van der Waals surface area (Å²) in [6.07, 6.45) is -2.76. The summed E-state index contributed by atoms with van der Waals surface area (Å²) >= 11 is 0. The van der Waals surface area contributed by atoms with Crippen LogP contribution in [-0.2, 0) is 6.18 Å². The van der Waals surface area contributed by atoms with E-state index in [0.717, 1.165) is 18.0 Å². The second kappa shape index (κ2) is 4.48. The number of nitrogens with zero attached hydrogens (tertiary/aromatic N) is 3. The summed E-state index contributed by atoms with van der Waals surface area (Å²) in [4.78, 5) is 7.03. The highest BCUT2D eigenvalue weighted by Crippen LogP contribution is 2.34. The molecule has 0 atom stereocenters. The molecule has 1 aromatic carbocycles. The van der Waals surface area contributed by atoms with Gasteiger partial charge in [0.15, 0.2) is 5.82 Å². The lowest BCUT2D eigenvalue weighted by atomic mass is 10.2. The zero-order valence-corrected chi connectivity index (χ0v) is 9.94. The van der Waals surface area contributed by atoms with Crippen LogP contribution in [-0.4, -0.2) is 20.2 Å². The molecular weight excluding hydrogens is 271 g/mol. The van der Waals surface area contributed by atoms with E-state index in [-0.39, 0.29) is 11.6 Å². The SMILES string of the molecule is FC(F)(F)c1cncnc1Nc1n[nH]c2ccccc12. The monoisotopic (exact) mass is 279 g/mol. The minimum absolute atomic E-state index is 0.282. The van der Waals surface area contributed by atoms with Gasteiger partial charge in [0.25, 0.3) is 0 Å². The molecule has 0 saturated heterocycles. The standard InChI is InChI=1S/C12H8F3N5/c13-12(14,15)8-5-16-6-17-11(8)18-10-7-3-1-2-4-9(7)19-20-10/h1-6H,(H2,16,17,18,19,20). The van der Waals surface area contributed by atoms with Crippen LogP contribution in [0.25, 0.3) is 10.9 Å². The summed E-state index contributed by atoms with van der Waals surface area (Å²) in [6, 6.07) is 7.09. The maximum atomic E-state index is 12.8. The number of alkyl halides is 3. The predicted octanol–water partition coefficient (Wildman–Crippen LogP) is 3.12. The van der Waals surface area contributed by atoms with Gasteiger partial charge >= 0.3 is 6.18 Å². The lowest BCUT2D eigenvalue weighted by Crippen LogP contribution is -2.11. The van der Waals surface area contributed by atoms with Crippen molar-refractivity contribution in [3.63, 3.8) is 0 Å². The van der Waals surface area contributed by atoms with Crippen LogP contribution in [0, 0.1) is 0 Å². The van der Waals surface area contributed by atoms with Crippen LogP contribution >= 0.6 is 0 Å². The molecule has 5 nitrogen and oxygen atoms in total. The first-order valence-corrected chi connectivity index (χ1v) is 5.63. The summed E-state index contributed by atoms with van der Waals surface area (Å²) in [7, 11) is 0. The Kier molecular flexibility index (Phi) is 2.78. The van der Waals surface area contributed by atoms with Gasteiger partial charge in [0.2, 0.25) is 0 Å². The van der Waals surface area contributed by atoms with Crippen LogP contribution in [0.15, 0.2) is 36.8 Å². The first kappa shape index (κ1) is 12.4. The third-order valence-corrected chi connectivity index (χ3v) is 2.72. The number of fused-ring (bicyclic) bond motifs is 1. The highest BCUT2D eigenvalue weighted by molar-refractivity contribution is 5.91. The third kappa shape index (κ3) is 2.15. The van der Waals surface area contributed by atoms with Gasteiger partial charge < -0.3 is 5.32 Å². The number of aromatic nitrogens is 4. The Morgan fingerprint density at radius 3 is 2.70 bits per heavy atom. The number of benzene rings is 1. The number of nitrogens with one attached hydrogen (secondary N) is 2. The number of aromatic amines is 1. The van der Waals surface area contributed by atoms with Gasteiger partial charge in [-0.3, -0.25) is 5.10 Å². The minimum Gasteiger partial charge on any atom is -0.322 e. The summed E-state index contributed by atoms with van der Waals surface area (Å²) in [5.41, 5.74) is -0.218. The molecule has 20 heavy (non-hydrogen) atoms. The van der Waals surface area contributed by atoms with Crippen LogP contribution in [0.3, 0.4) is 0 Å². The molecule has 0 radical (unpaired) electrons. The van der Waals surface area contributed by atoms with Crippen LogP contribution in [0.5, 0.6) is 0 Å². The molecule has 0 aliphatic rings. The number of para-hydroxylation sites is 1. The van der Waals surface area contributed by atoms with Gasteiger partial charge in [-0.2, -0.15) is 18.3 Å². The highest BCUT2D eigenvalue weighted by atomic mass is 19.4. The van der Waals surface area contributed by atoms with Crippen LogP contribution in [0.2, 0.25) is 0 Å². The van der Waals surface area contributed by atoms with Crippen molar-refractivity contribution in [1.29, 1.82) is 0 Å². The van der Waals surface area contributed by atoms with Crippen molar-refractivity contribution < 1.29 is 13.2 Å². The lowest BCUT2D eigenvalue weighted by molar-refractivity contribution is -0.137. The number of hydrogen-bond donors (Lipinski definition) is 2. The van der Waals surface area contributed by atoms with Crippen molar-refractivity contribution >= 4 is 22.5 Å². The zero-order valence-electron chi connectivity index (χ0n) is 9.94. The molecule has 0 amide bonds. The average molecular weight is 279 g/mol. The van der Waals surface area contributed by atoms with Gasteiger partial charge in [0.05, 0.1) is 5.52 Å². The molecule has 3 rings (SSSR count). The fourth-order valence-electron chi connectivity index (χ4n) is 1.81. The Hall–Kier alpha value is -2.64. The van der Waals surface area contributed by atoms with Gasteiger partial charge in [0, 0.05) is 11.6 Å². The van der Waals surface area contributed by atoms with E-state index < -0.39 is 11.7 Å². The molecule has 3 aromatic rings. The molecule has 0 spiro atoms. The summed E-state index contributed by atoms with van der Waals surface area (Å²) in [5.74, 6) is -0.0467. The second-order valence-corrected chi connectivity index (χ2v) is 4.03. The second-order valence-electron chi connectivity index (χ2n) is 4.03. The molecule has 0 bridgehead atoms. The van der Waals surface area contributed by atoms with E-state index in [1.807, 2.05) is 0 Å². The van der Waals surface area contributed by atoms with Gasteiger partial charge in [-0.25, -0.2) is 9.97 Å². The van der Waals surface area contributed by atoms with Crippen LogP contribution in [0.1, 0.15) is 5.56 Å². The predicted molar refractivity (Wildman–Crippen MR) is 66.4 cm³/mol. The molecule has 0 saturated carbocycles. The first-order valence-electron chi connectivity index (χ1n) is 5.63. The van der Waals surface area contributed by atoms with Gasteiger partial charge in [0.1, 0.15) is 17.7 Å². The molecule has 2 heterocycles. The number of anilines is 2. The minimum atomic E-state index is -4.53. The van der Waals surface area contributed by atoms with E-state index in [1.165, 1.54) is 0 Å². The molecule has 102 valence electrons. The van der Waals surface area contributed by atoms with Crippen LogP contribution in [0.4, 0.5) is 24.8 Å². The molecule has 8 heteroatoms. The topological polar surface area (TPSA) is 66.5 Å². The maximum Gasteiger partial charge on any atom is 0.421 e. The third-order valence-electron chi connectivity index (χ3n) is 2.72. The van der Waals surface area contributed by atoms with E-state index in [9.17, 15) is 13.2 Å². The van der Waals surface area contributed by atoms with Crippen molar-refractivity contribution in [2.45, 2.75) is 6.18 Å². The Bertz CT molecular complexity index is 750.